The highest BCUT2D eigenvalue weighted by molar-refractivity contribution is 6.30. The van der Waals surface area contributed by atoms with Gasteiger partial charge in [0.15, 0.2) is 6.61 Å². The second-order valence-corrected chi connectivity index (χ2v) is 7.35. The smallest absolute Gasteiger partial charge is 0.387 e. The normalized spacial score (nSPS) is 11.2. The number of esters is 1. The Morgan fingerprint density at radius 3 is 2.47 bits per heavy atom. The molecule has 8 heteroatoms. The molecule has 0 aliphatic carbocycles. The van der Waals surface area contributed by atoms with Crippen molar-refractivity contribution in [1.82, 2.24) is 4.57 Å². The van der Waals surface area contributed by atoms with E-state index >= 15 is 0 Å². The van der Waals surface area contributed by atoms with Crippen LogP contribution in [0.25, 0.3) is 11.8 Å². The van der Waals surface area contributed by atoms with Gasteiger partial charge in [0.2, 0.25) is 5.78 Å². The molecule has 0 unspecified atom stereocenters. The maximum absolute atomic E-state index is 12.6. The minimum absolute atomic E-state index is 0.0419. The molecule has 0 atom stereocenters. The van der Waals surface area contributed by atoms with Crippen molar-refractivity contribution < 1.29 is 27.8 Å². The Morgan fingerprint density at radius 2 is 1.81 bits per heavy atom. The zero-order valence-corrected chi connectivity index (χ0v) is 18.1. The van der Waals surface area contributed by atoms with Crippen molar-refractivity contribution in [2.24, 2.45) is 0 Å². The number of rotatable bonds is 8. The van der Waals surface area contributed by atoms with Crippen molar-refractivity contribution in [2.45, 2.75) is 20.5 Å². The van der Waals surface area contributed by atoms with Crippen LogP contribution in [0, 0.1) is 13.8 Å². The van der Waals surface area contributed by atoms with Crippen LogP contribution in [0.1, 0.15) is 27.3 Å². The standard InChI is InChI=1S/C24H20ClF2NO4/c1-15-12-21(16(2)28(15)19-7-9-20(10-8-19)32-24(26)27)22(29)14-31-23(30)11-6-17-4-3-5-18(25)13-17/h3-13,24H,14H2,1-2H3/b11-6+. The molecule has 0 fully saturated rings. The van der Waals surface area contributed by atoms with E-state index in [4.69, 9.17) is 16.3 Å². The third-order valence-corrected chi connectivity index (χ3v) is 4.89. The third kappa shape index (κ3) is 5.82. The van der Waals surface area contributed by atoms with E-state index in [0.717, 1.165) is 11.3 Å². The molecule has 166 valence electrons. The van der Waals surface area contributed by atoms with Gasteiger partial charge in [-0.25, -0.2) is 4.79 Å². The Labute approximate surface area is 188 Å². The van der Waals surface area contributed by atoms with Crippen LogP contribution in [-0.2, 0) is 9.53 Å². The number of carbonyl (C=O) groups is 2. The number of nitrogens with zero attached hydrogens (tertiary/aromatic N) is 1. The van der Waals surface area contributed by atoms with Gasteiger partial charge < -0.3 is 14.0 Å². The maximum Gasteiger partial charge on any atom is 0.387 e. The number of ketones is 1. The van der Waals surface area contributed by atoms with E-state index in [-0.39, 0.29) is 11.5 Å². The summed E-state index contributed by atoms with van der Waals surface area (Å²) < 4.78 is 35.9. The first-order chi connectivity index (χ1) is 15.2. The quantitative estimate of drug-likeness (QED) is 0.243. The molecular weight excluding hydrogens is 440 g/mol. The fourth-order valence-electron chi connectivity index (χ4n) is 3.26. The van der Waals surface area contributed by atoms with Gasteiger partial charge in [0, 0.05) is 33.7 Å². The molecule has 3 aromatic rings. The van der Waals surface area contributed by atoms with E-state index in [9.17, 15) is 18.4 Å². The Balaban J connectivity index is 1.67. The lowest BCUT2D eigenvalue weighted by molar-refractivity contribution is -0.136. The molecule has 0 spiro atoms. The van der Waals surface area contributed by atoms with Crippen LogP contribution in [0.2, 0.25) is 5.02 Å². The van der Waals surface area contributed by atoms with Crippen LogP contribution in [-0.4, -0.2) is 29.5 Å². The topological polar surface area (TPSA) is 57.5 Å². The van der Waals surface area contributed by atoms with Crippen molar-refractivity contribution in [3.05, 3.63) is 88.2 Å². The van der Waals surface area contributed by atoms with Gasteiger partial charge in [-0.3, -0.25) is 4.79 Å². The van der Waals surface area contributed by atoms with Crippen molar-refractivity contribution in [2.75, 3.05) is 6.61 Å². The Hall–Kier alpha value is -3.45. The first kappa shape index (κ1) is 23.2. The lowest BCUT2D eigenvalue weighted by Crippen LogP contribution is -2.13. The fourth-order valence-corrected chi connectivity index (χ4v) is 3.45. The summed E-state index contributed by atoms with van der Waals surface area (Å²) in [6.07, 6.45) is 2.78. The minimum atomic E-state index is -2.90. The summed E-state index contributed by atoms with van der Waals surface area (Å²) >= 11 is 5.90. The molecule has 0 radical (unpaired) electrons. The third-order valence-electron chi connectivity index (χ3n) is 4.66. The van der Waals surface area contributed by atoms with E-state index in [2.05, 4.69) is 4.74 Å². The van der Waals surface area contributed by atoms with Crippen molar-refractivity contribution >= 4 is 29.4 Å². The van der Waals surface area contributed by atoms with E-state index in [1.54, 1.807) is 60.0 Å². The molecule has 3 rings (SSSR count). The van der Waals surface area contributed by atoms with Crippen LogP contribution in [0.15, 0.2) is 60.7 Å². The van der Waals surface area contributed by atoms with Gasteiger partial charge in [-0.2, -0.15) is 8.78 Å². The average Bonchev–Trinajstić information content (AvgIpc) is 3.05. The largest absolute Gasteiger partial charge is 0.454 e. The minimum Gasteiger partial charge on any atom is -0.454 e. The van der Waals surface area contributed by atoms with Crippen LogP contribution < -0.4 is 4.74 Å². The van der Waals surface area contributed by atoms with Gasteiger partial charge in [0.05, 0.1) is 0 Å². The lowest BCUT2D eigenvalue weighted by Gasteiger charge is -2.11. The summed E-state index contributed by atoms with van der Waals surface area (Å²) in [5.41, 5.74) is 3.22. The van der Waals surface area contributed by atoms with Crippen molar-refractivity contribution in [3.63, 3.8) is 0 Å². The van der Waals surface area contributed by atoms with Gasteiger partial charge in [-0.15, -0.1) is 0 Å². The number of Topliss-reactive ketones (excluding diaryl/α,β-unsaturated/α-hetero) is 1. The summed E-state index contributed by atoms with van der Waals surface area (Å²) in [7, 11) is 0. The zero-order chi connectivity index (χ0) is 23.3. The molecule has 0 aliphatic rings. The molecule has 0 N–H and O–H groups in total. The monoisotopic (exact) mass is 459 g/mol. The second-order valence-electron chi connectivity index (χ2n) is 6.91. The van der Waals surface area contributed by atoms with Crippen LogP contribution in [0.5, 0.6) is 5.75 Å². The van der Waals surface area contributed by atoms with E-state index < -0.39 is 19.2 Å². The lowest BCUT2D eigenvalue weighted by atomic mass is 10.1. The SMILES string of the molecule is Cc1cc(C(=O)COC(=O)/C=C/c2cccc(Cl)c2)c(C)n1-c1ccc(OC(F)F)cc1. The van der Waals surface area contributed by atoms with Gasteiger partial charge in [0.1, 0.15) is 5.75 Å². The number of aryl methyl sites for hydroxylation is 1. The average molecular weight is 460 g/mol. The number of halogens is 3. The molecule has 0 bridgehead atoms. The molecule has 0 saturated carbocycles. The highest BCUT2D eigenvalue weighted by atomic mass is 35.5. The molecule has 5 nitrogen and oxygen atoms in total. The van der Waals surface area contributed by atoms with Gasteiger partial charge in [0.25, 0.3) is 0 Å². The summed E-state index contributed by atoms with van der Waals surface area (Å²) in [5.74, 6) is -0.964. The van der Waals surface area contributed by atoms with Crippen molar-refractivity contribution in [3.8, 4) is 11.4 Å². The number of alkyl halides is 2. The fraction of sp³-hybridized carbons (Fsp3) is 0.167. The van der Waals surface area contributed by atoms with Gasteiger partial charge in [-0.1, -0.05) is 23.7 Å². The predicted molar refractivity (Wildman–Crippen MR) is 118 cm³/mol. The molecule has 0 amide bonds. The Morgan fingerprint density at radius 1 is 1.09 bits per heavy atom. The summed E-state index contributed by atoms with van der Waals surface area (Å²) in [5, 5.41) is 0.544. The second kappa shape index (κ2) is 10.2. The summed E-state index contributed by atoms with van der Waals surface area (Å²) in [4.78, 5) is 24.6. The van der Waals surface area contributed by atoms with Gasteiger partial charge >= 0.3 is 12.6 Å². The summed E-state index contributed by atoms with van der Waals surface area (Å²) in [6, 6.07) is 14.7. The first-order valence-electron chi connectivity index (χ1n) is 9.62. The molecule has 32 heavy (non-hydrogen) atoms. The maximum atomic E-state index is 12.6. The van der Waals surface area contributed by atoms with Crippen molar-refractivity contribution in [1.29, 1.82) is 0 Å². The number of hydrogen-bond acceptors (Lipinski definition) is 4. The molecule has 1 heterocycles. The van der Waals surface area contributed by atoms with E-state index in [1.807, 2.05) is 6.92 Å². The van der Waals surface area contributed by atoms with Crippen LogP contribution >= 0.6 is 11.6 Å². The number of benzene rings is 2. The summed E-state index contributed by atoms with van der Waals surface area (Å²) in [6.45, 7) is 0.255. The van der Waals surface area contributed by atoms with Gasteiger partial charge in [-0.05, 0) is 68.0 Å². The Bertz CT molecular complexity index is 1150. The number of aromatic nitrogens is 1. The highest BCUT2D eigenvalue weighted by Crippen LogP contribution is 2.24. The number of carbonyl (C=O) groups excluding carboxylic acids is 2. The molecule has 0 aliphatic heterocycles. The first-order valence-corrected chi connectivity index (χ1v) is 10.00. The van der Waals surface area contributed by atoms with E-state index in [0.29, 0.717) is 22.0 Å². The number of ether oxygens (including phenoxy) is 2. The molecule has 2 aromatic carbocycles. The zero-order valence-electron chi connectivity index (χ0n) is 17.3. The van der Waals surface area contributed by atoms with Crippen LogP contribution in [0.3, 0.4) is 0 Å². The Kier molecular flexibility index (Phi) is 7.43. The highest BCUT2D eigenvalue weighted by Gasteiger charge is 2.18. The number of hydrogen-bond donors (Lipinski definition) is 0. The molecular formula is C24H20ClF2NO4. The predicted octanol–water partition coefficient (Wildman–Crippen LogP) is 5.79. The van der Waals surface area contributed by atoms with E-state index in [1.165, 1.54) is 18.2 Å². The molecule has 1 aromatic heterocycles. The molecule has 0 saturated heterocycles. The van der Waals surface area contributed by atoms with Crippen LogP contribution in [0.4, 0.5) is 8.78 Å².